The number of ether oxygens (including phenoxy) is 2. The zero-order valence-corrected chi connectivity index (χ0v) is 14.6. The summed E-state index contributed by atoms with van der Waals surface area (Å²) >= 11 is 0. The fraction of sp³-hybridized carbons (Fsp3) is 0.200. The van der Waals surface area contributed by atoms with Crippen molar-refractivity contribution in [3.8, 4) is 11.5 Å². The monoisotopic (exact) mass is 352 g/mol. The van der Waals surface area contributed by atoms with Crippen LogP contribution in [0.1, 0.15) is 31.0 Å². The molecule has 1 atom stereocenters. The maximum absolute atomic E-state index is 12.2. The molecule has 26 heavy (non-hydrogen) atoms. The van der Waals surface area contributed by atoms with E-state index in [0.717, 1.165) is 11.1 Å². The normalized spacial score (nSPS) is 13.5. The van der Waals surface area contributed by atoms with Crippen LogP contribution in [0.5, 0.6) is 11.5 Å². The van der Waals surface area contributed by atoms with Gasteiger partial charge in [-0.05, 0) is 48.4 Å². The second-order valence-electron chi connectivity index (χ2n) is 5.98. The Bertz CT molecular complexity index is 861. The molecule has 0 bridgehead atoms. The predicted octanol–water partition coefficient (Wildman–Crippen LogP) is 3.26. The molecule has 3 rings (SSSR count). The van der Waals surface area contributed by atoms with Crippen LogP contribution in [-0.4, -0.2) is 18.6 Å². The van der Waals surface area contributed by atoms with Crippen molar-refractivity contribution in [2.45, 2.75) is 19.9 Å². The van der Waals surface area contributed by atoms with Crippen LogP contribution in [0.15, 0.2) is 48.5 Å². The topological polar surface area (TPSA) is 76.7 Å². The Morgan fingerprint density at radius 3 is 2.73 bits per heavy atom. The first kappa shape index (κ1) is 17.5. The molecule has 6 heteroatoms. The summed E-state index contributed by atoms with van der Waals surface area (Å²) in [5, 5.41) is 5.64. The van der Waals surface area contributed by atoms with Crippen LogP contribution in [0.2, 0.25) is 0 Å². The molecule has 6 nitrogen and oxygen atoms in total. The molecule has 0 spiro atoms. The van der Waals surface area contributed by atoms with E-state index in [4.69, 9.17) is 9.47 Å². The first-order valence-corrected chi connectivity index (χ1v) is 8.27. The van der Waals surface area contributed by atoms with E-state index in [0.29, 0.717) is 17.2 Å². The van der Waals surface area contributed by atoms with E-state index in [1.54, 1.807) is 12.1 Å². The number of anilines is 1. The molecule has 2 aromatic rings. The minimum atomic E-state index is -0.208. The number of nitrogens with one attached hydrogen (secondary N) is 2. The van der Waals surface area contributed by atoms with Crippen LogP contribution in [0.4, 0.5) is 5.69 Å². The number of benzene rings is 2. The summed E-state index contributed by atoms with van der Waals surface area (Å²) in [6.07, 6.45) is 3.20. The third-order valence-corrected chi connectivity index (χ3v) is 3.89. The van der Waals surface area contributed by atoms with Gasteiger partial charge in [0.25, 0.3) is 0 Å². The first-order chi connectivity index (χ1) is 12.5. The molecular formula is C20H20N2O4. The number of carbonyl (C=O) groups is 2. The average Bonchev–Trinajstić information content (AvgIpc) is 3.07. The fourth-order valence-corrected chi connectivity index (χ4v) is 2.62. The third kappa shape index (κ3) is 4.42. The number of fused-ring (bicyclic) bond motifs is 1. The van der Waals surface area contributed by atoms with Gasteiger partial charge in [0.1, 0.15) is 0 Å². The van der Waals surface area contributed by atoms with E-state index in [-0.39, 0.29) is 24.6 Å². The van der Waals surface area contributed by atoms with Crippen molar-refractivity contribution in [2.75, 3.05) is 12.1 Å². The van der Waals surface area contributed by atoms with Gasteiger partial charge in [0.05, 0.1) is 6.04 Å². The molecule has 0 unspecified atom stereocenters. The molecule has 0 aliphatic carbocycles. The van der Waals surface area contributed by atoms with E-state index >= 15 is 0 Å². The van der Waals surface area contributed by atoms with Gasteiger partial charge >= 0.3 is 0 Å². The van der Waals surface area contributed by atoms with Gasteiger partial charge in [-0.1, -0.05) is 18.2 Å². The zero-order chi connectivity index (χ0) is 18.5. The molecule has 0 saturated heterocycles. The van der Waals surface area contributed by atoms with Gasteiger partial charge in [0, 0.05) is 18.7 Å². The van der Waals surface area contributed by atoms with E-state index in [1.165, 1.54) is 13.0 Å². The lowest BCUT2D eigenvalue weighted by molar-refractivity contribution is -0.117. The highest BCUT2D eigenvalue weighted by Crippen LogP contribution is 2.32. The lowest BCUT2D eigenvalue weighted by atomic mass is 10.1. The van der Waals surface area contributed by atoms with Crippen LogP contribution < -0.4 is 20.1 Å². The van der Waals surface area contributed by atoms with Gasteiger partial charge in [-0.2, -0.15) is 0 Å². The standard InChI is InChI=1S/C20H20N2O4/c1-13(16-4-3-5-17(11-16)22-14(2)23)21-20(24)9-7-15-6-8-18-19(10-15)26-12-25-18/h3-11,13H,12H2,1-2H3,(H,21,24)(H,22,23)/b9-7+/t13-/m1/s1. The van der Waals surface area contributed by atoms with Gasteiger partial charge in [0.2, 0.25) is 18.6 Å². The molecule has 0 fully saturated rings. The van der Waals surface area contributed by atoms with Crippen molar-refractivity contribution < 1.29 is 19.1 Å². The molecule has 1 aliphatic rings. The maximum Gasteiger partial charge on any atom is 0.244 e. The van der Waals surface area contributed by atoms with Crippen LogP contribution >= 0.6 is 0 Å². The predicted molar refractivity (Wildman–Crippen MR) is 98.9 cm³/mol. The largest absolute Gasteiger partial charge is 0.454 e. The molecule has 0 aromatic heterocycles. The highest BCUT2D eigenvalue weighted by molar-refractivity contribution is 5.92. The van der Waals surface area contributed by atoms with Crippen molar-refractivity contribution in [2.24, 2.45) is 0 Å². The Morgan fingerprint density at radius 1 is 1.12 bits per heavy atom. The smallest absolute Gasteiger partial charge is 0.244 e. The Morgan fingerprint density at radius 2 is 1.92 bits per heavy atom. The summed E-state index contributed by atoms with van der Waals surface area (Å²) in [4.78, 5) is 23.3. The first-order valence-electron chi connectivity index (χ1n) is 8.27. The Kier molecular flexibility index (Phi) is 5.22. The summed E-state index contributed by atoms with van der Waals surface area (Å²) in [6.45, 7) is 3.57. The lowest BCUT2D eigenvalue weighted by Gasteiger charge is -2.14. The SMILES string of the molecule is CC(=O)Nc1cccc([C@@H](C)NC(=O)/C=C/c2ccc3c(c2)OCO3)c1. The summed E-state index contributed by atoms with van der Waals surface area (Å²) in [6, 6.07) is 12.7. The minimum Gasteiger partial charge on any atom is -0.454 e. The lowest BCUT2D eigenvalue weighted by Crippen LogP contribution is -2.24. The zero-order valence-electron chi connectivity index (χ0n) is 14.6. The number of rotatable bonds is 5. The molecule has 0 saturated carbocycles. The Hall–Kier alpha value is -3.28. The van der Waals surface area contributed by atoms with Crippen LogP contribution in [0, 0.1) is 0 Å². The second kappa shape index (κ2) is 7.74. The van der Waals surface area contributed by atoms with Crippen LogP contribution in [-0.2, 0) is 9.59 Å². The van der Waals surface area contributed by atoms with E-state index in [9.17, 15) is 9.59 Å². The highest BCUT2D eigenvalue weighted by Gasteiger charge is 2.12. The molecule has 0 radical (unpaired) electrons. The molecule has 2 amide bonds. The van der Waals surface area contributed by atoms with Gasteiger partial charge in [-0.15, -0.1) is 0 Å². The summed E-state index contributed by atoms with van der Waals surface area (Å²) in [5.41, 5.74) is 2.46. The van der Waals surface area contributed by atoms with Gasteiger partial charge in [-0.25, -0.2) is 0 Å². The van der Waals surface area contributed by atoms with Crippen LogP contribution in [0.3, 0.4) is 0 Å². The molecule has 1 aliphatic heterocycles. The van der Waals surface area contributed by atoms with Crippen molar-refractivity contribution in [3.05, 3.63) is 59.7 Å². The van der Waals surface area contributed by atoms with Crippen molar-refractivity contribution >= 4 is 23.6 Å². The highest BCUT2D eigenvalue weighted by atomic mass is 16.7. The number of hydrogen-bond acceptors (Lipinski definition) is 4. The van der Waals surface area contributed by atoms with E-state index < -0.39 is 0 Å². The van der Waals surface area contributed by atoms with Gasteiger partial charge < -0.3 is 20.1 Å². The van der Waals surface area contributed by atoms with E-state index in [1.807, 2.05) is 43.3 Å². The van der Waals surface area contributed by atoms with Gasteiger partial charge in [0.15, 0.2) is 11.5 Å². The van der Waals surface area contributed by atoms with Crippen LogP contribution in [0.25, 0.3) is 6.08 Å². The molecule has 134 valence electrons. The molecule has 2 aromatic carbocycles. The Labute approximate surface area is 151 Å². The summed E-state index contributed by atoms with van der Waals surface area (Å²) in [7, 11) is 0. The van der Waals surface area contributed by atoms with Crippen molar-refractivity contribution in [1.82, 2.24) is 5.32 Å². The summed E-state index contributed by atoms with van der Waals surface area (Å²) in [5.74, 6) is 1.04. The van der Waals surface area contributed by atoms with Crippen molar-refractivity contribution in [1.29, 1.82) is 0 Å². The number of carbonyl (C=O) groups excluding carboxylic acids is 2. The molecule has 2 N–H and O–H groups in total. The van der Waals surface area contributed by atoms with Gasteiger partial charge in [-0.3, -0.25) is 9.59 Å². The second-order valence-corrected chi connectivity index (χ2v) is 5.98. The maximum atomic E-state index is 12.2. The third-order valence-electron chi connectivity index (χ3n) is 3.89. The number of amides is 2. The number of hydrogen-bond donors (Lipinski definition) is 2. The quantitative estimate of drug-likeness (QED) is 0.810. The molecule has 1 heterocycles. The fourth-order valence-electron chi connectivity index (χ4n) is 2.62. The minimum absolute atomic E-state index is 0.134. The average molecular weight is 352 g/mol. The summed E-state index contributed by atoms with van der Waals surface area (Å²) < 4.78 is 10.6. The van der Waals surface area contributed by atoms with Crippen molar-refractivity contribution in [3.63, 3.8) is 0 Å². The molecular weight excluding hydrogens is 332 g/mol. The van der Waals surface area contributed by atoms with E-state index in [2.05, 4.69) is 10.6 Å². The Balaban J connectivity index is 1.61.